The number of nitrogens with zero attached hydrogens (tertiary/aromatic N) is 3. The van der Waals surface area contributed by atoms with Crippen LogP contribution in [0.15, 0.2) is 45.7 Å². The minimum Gasteiger partial charge on any atom is -0.453 e. The molecule has 0 bridgehead atoms. The second-order valence-corrected chi connectivity index (χ2v) is 7.33. The first-order valence-electron chi connectivity index (χ1n) is 8.79. The van der Waals surface area contributed by atoms with E-state index >= 15 is 0 Å². The van der Waals surface area contributed by atoms with E-state index in [1.54, 1.807) is 13.3 Å². The molecule has 0 aliphatic carbocycles. The fourth-order valence-corrected chi connectivity index (χ4v) is 3.74. The molecule has 26 heavy (non-hydrogen) atoms. The molecule has 140 valence electrons. The Bertz CT molecular complexity index is 707. The maximum Gasteiger partial charge on any atom is 0.249 e. The average Bonchev–Trinajstić information content (AvgIpc) is 3.05. The van der Waals surface area contributed by atoms with Gasteiger partial charge in [0, 0.05) is 38.6 Å². The molecule has 1 aliphatic rings. The van der Waals surface area contributed by atoms with E-state index in [-0.39, 0.29) is 18.6 Å². The van der Waals surface area contributed by atoms with Crippen molar-refractivity contribution in [1.29, 1.82) is 0 Å². The smallest absolute Gasteiger partial charge is 0.249 e. The molecule has 3 rings (SSSR count). The Balaban J connectivity index is 1.69. The largest absolute Gasteiger partial charge is 0.453 e. The zero-order valence-corrected chi connectivity index (χ0v) is 16.5. The van der Waals surface area contributed by atoms with Gasteiger partial charge >= 0.3 is 0 Å². The number of rotatable bonds is 7. The SMILES string of the molecule is COCC(=O)N(Cc1cccnc1)C1CCCN(Cc2ccc(Br)o2)C1. The molecule has 1 atom stereocenters. The highest BCUT2D eigenvalue weighted by atomic mass is 79.9. The van der Waals surface area contributed by atoms with Gasteiger partial charge in [0.15, 0.2) is 4.67 Å². The summed E-state index contributed by atoms with van der Waals surface area (Å²) in [5.74, 6) is 0.948. The van der Waals surface area contributed by atoms with E-state index in [2.05, 4.69) is 25.8 Å². The molecular weight excluding hydrogens is 398 g/mol. The lowest BCUT2D eigenvalue weighted by Gasteiger charge is -2.39. The molecule has 2 aromatic heterocycles. The van der Waals surface area contributed by atoms with Gasteiger partial charge in [-0.1, -0.05) is 6.07 Å². The van der Waals surface area contributed by atoms with Crippen LogP contribution in [0.1, 0.15) is 24.2 Å². The van der Waals surface area contributed by atoms with Crippen LogP contribution in [0.5, 0.6) is 0 Å². The average molecular weight is 422 g/mol. The Morgan fingerprint density at radius 1 is 1.46 bits per heavy atom. The van der Waals surface area contributed by atoms with Gasteiger partial charge in [0.05, 0.1) is 6.54 Å². The highest BCUT2D eigenvalue weighted by molar-refractivity contribution is 9.10. The van der Waals surface area contributed by atoms with Crippen molar-refractivity contribution in [2.75, 3.05) is 26.8 Å². The topological polar surface area (TPSA) is 58.8 Å². The molecule has 3 heterocycles. The van der Waals surface area contributed by atoms with Crippen LogP contribution in [0, 0.1) is 0 Å². The second-order valence-electron chi connectivity index (χ2n) is 6.55. The van der Waals surface area contributed by atoms with Gasteiger partial charge in [0.1, 0.15) is 12.4 Å². The third-order valence-corrected chi connectivity index (χ3v) is 5.02. The fraction of sp³-hybridized carbons (Fsp3) is 0.474. The molecule has 0 saturated carbocycles. The fourth-order valence-electron chi connectivity index (χ4n) is 3.40. The molecule has 1 saturated heterocycles. The number of methoxy groups -OCH3 is 1. The van der Waals surface area contributed by atoms with Gasteiger partial charge in [0.2, 0.25) is 5.91 Å². The molecule has 0 N–H and O–H groups in total. The summed E-state index contributed by atoms with van der Waals surface area (Å²) < 4.78 is 11.5. The summed E-state index contributed by atoms with van der Waals surface area (Å²) in [5, 5.41) is 0. The number of carbonyl (C=O) groups excluding carboxylic acids is 1. The van der Waals surface area contributed by atoms with Crippen LogP contribution in [0.2, 0.25) is 0 Å². The maximum absolute atomic E-state index is 12.7. The lowest BCUT2D eigenvalue weighted by molar-refractivity contribution is -0.139. The molecule has 1 fully saturated rings. The summed E-state index contributed by atoms with van der Waals surface area (Å²) in [6, 6.07) is 7.95. The first-order valence-corrected chi connectivity index (χ1v) is 9.59. The highest BCUT2D eigenvalue weighted by Crippen LogP contribution is 2.22. The molecule has 0 radical (unpaired) electrons. The third-order valence-electron chi connectivity index (χ3n) is 4.59. The molecule has 1 unspecified atom stereocenters. The lowest BCUT2D eigenvalue weighted by Crippen LogP contribution is -2.50. The monoisotopic (exact) mass is 421 g/mol. The third kappa shape index (κ3) is 5.16. The summed E-state index contributed by atoms with van der Waals surface area (Å²) in [7, 11) is 1.56. The van der Waals surface area contributed by atoms with E-state index in [0.29, 0.717) is 6.54 Å². The number of carbonyl (C=O) groups is 1. The highest BCUT2D eigenvalue weighted by Gasteiger charge is 2.29. The van der Waals surface area contributed by atoms with Crippen molar-refractivity contribution < 1.29 is 13.9 Å². The number of ether oxygens (including phenoxy) is 1. The van der Waals surface area contributed by atoms with Gasteiger partial charge in [-0.15, -0.1) is 0 Å². The number of amides is 1. The number of likely N-dealkylation sites (tertiary alicyclic amines) is 1. The number of halogens is 1. The van der Waals surface area contributed by atoms with E-state index in [1.165, 1.54) is 0 Å². The van der Waals surface area contributed by atoms with Crippen LogP contribution < -0.4 is 0 Å². The van der Waals surface area contributed by atoms with E-state index in [1.807, 2.05) is 35.4 Å². The van der Waals surface area contributed by atoms with Crippen molar-refractivity contribution in [1.82, 2.24) is 14.8 Å². The lowest BCUT2D eigenvalue weighted by atomic mass is 10.0. The summed E-state index contributed by atoms with van der Waals surface area (Å²) in [6.45, 7) is 3.24. The molecule has 0 spiro atoms. The van der Waals surface area contributed by atoms with Crippen molar-refractivity contribution >= 4 is 21.8 Å². The molecule has 1 amide bonds. The van der Waals surface area contributed by atoms with Crippen LogP contribution >= 0.6 is 15.9 Å². The van der Waals surface area contributed by atoms with E-state index < -0.39 is 0 Å². The summed E-state index contributed by atoms with van der Waals surface area (Å²) in [5.41, 5.74) is 1.03. The van der Waals surface area contributed by atoms with Gasteiger partial charge in [-0.2, -0.15) is 0 Å². The van der Waals surface area contributed by atoms with Crippen molar-refractivity contribution in [3.63, 3.8) is 0 Å². The van der Waals surface area contributed by atoms with Crippen LogP contribution in [0.25, 0.3) is 0 Å². The van der Waals surface area contributed by atoms with Crippen molar-refractivity contribution in [3.05, 3.63) is 52.7 Å². The van der Waals surface area contributed by atoms with Gasteiger partial charge in [-0.05, 0) is 59.1 Å². The van der Waals surface area contributed by atoms with Crippen molar-refractivity contribution in [2.24, 2.45) is 0 Å². The Morgan fingerprint density at radius 3 is 3.04 bits per heavy atom. The molecular formula is C19H24BrN3O3. The quantitative estimate of drug-likeness (QED) is 0.687. The van der Waals surface area contributed by atoms with Gasteiger partial charge in [0.25, 0.3) is 0 Å². The van der Waals surface area contributed by atoms with Crippen molar-refractivity contribution in [2.45, 2.75) is 32.0 Å². The summed E-state index contributed by atoms with van der Waals surface area (Å²) in [6.07, 6.45) is 5.60. The zero-order chi connectivity index (χ0) is 18.4. The normalized spacial score (nSPS) is 18.0. The number of piperidine rings is 1. The Kier molecular flexibility index (Phi) is 6.82. The van der Waals surface area contributed by atoms with Crippen LogP contribution in [-0.4, -0.2) is 53.5 Å². The van der Waals surface area contributed by atoms with Gasteiger partial charge < -0.3 is 14.1 Å². The standard InChI is InChI=1S/C19H24BrN3O3/c1-25-14-19(24)23(11-15-4-2-8-21-10-15)16-5-3-9-22(12-16)13-17-6-7-18(20)26-17/h2,4,6-8,10,16H,3,5,9,11-14H2,1H3. The minimum absolute atomic E-state index is 0.0175. The summed E-state index contributed by atoms with van der Waals surface area (Å²) >= 11 is 3.35. The number of furan rings is 1. The Hall–Kier alpha value is -1.70. The predicted octanol–water partition coefficient (Wildman–Crippen LogP) is 3.08. The Morgan fingerprint density at radius 2 is 2.35 bits per heavy atom. The predicted molar refractivity (Wildman–Crippen MR) is 101 cm³/mol. The second kappa shape index (κ2) is 9.30. The van der Waals surface area contributed by atoms with Crippen LogP contribution in [-0.2, 0) is 22.6 Å². The van der Waals surface area contributed by atoms with Crippen molar-refractivity contribution in [3.8, 4) is 0 Å². The number of hydrogen-bond acceptors (Lipinski definition) is 5. The van der Waals surface area contributed by atoms with E-state index in [9.17, 15) is 4.79 Å². The molecule has 0 aromatic carbocycles. The summed E-state index contributed by atoms with van der Waals surface area (Å²) in [4.78, 5) is 21.1. The van der Waals surface area contributed by atoms with Crippen LogP contribution in [0.3, 0.4) is 0 Å². The molecule has 2 aromatic rings. The molecule has 7 heteroatoms. The number of hydrogen-bond donors (Lipinski definition) is 0. The van der Waals surface area contributed by atoms with Gasteiger partial charge in [-0.3, -0.25) is 14.7 Å². The first-order chi connectivity index (χ1) is 12.7. The molecule has 6 nitrogen and oxygen atoms in total. The van der Waals surface area contributed by atoms with E-state index in [0.717, 1.165) is 48.5 Å². The first kappa shape index (κ1) is 19.1. The maximum atomic E-state index is 12.7. The molecule has 1 aliphatic heterocycles. The van der Waals surface area contributed by atoms with Gasteiger partial charge in [-0.25, -0.2) is 0 Å². The number of aromatic nitrogens is 1. The minimum atomic E-state index is 0.0175. The Labute approximate surface area is 162 Å². The van der Waals surface area contributed by atoms with Crippen LogP contribution in [0.4, 0.5) is 0 Å². The number of pyridine rings is 1. The zero-order valence-electron chi connectivity index (χ0n) is 14.9. The van der Waals surface area contributed by atoms with E-state index in [4.69, 9.17) is 9.15 Å².